The van der Waals surface area contributed by atoms with Crippen molar-refractivity contribution in [2.45, 2.75) is 6.92 Å². The summed E-state index contributed by atoms with van der Waals surface area (Å²) in [7, 11) is 1.44. The fourth-order valence-electron chi connectivity index (χ4n) is 2.26. The Bertz CT molecular complexity index is 852. The van der Waals surface area contributed by atoms with Gasteiger partial charge in [-0.2, -0.15) is 5.26 Å². The molecule has 0 aliphatic rings. The van der Waals surface area contributed by atoms with Crippen LogP contribution in [0, 0.1) is 22.7 Å². The van der Waals surface area contributed by atoms with Crippen LogP contribution in [0.2, 0.25) is 0 Å². The SMILES string of the molecule is COc1cc2ccccc2cc1C(=O)OCC(=O)C(C#N)C(C)=N. The fourth-order valence-corrected chi connectivity index (χ4v) is 2.26. The van der Waals surface area contributed by atoms with Crippen LogP contribution >= 0.6 is 0 Å². The Labute approximate surface area is 139 Å². The van der Waals surface area contributed by atoms with E-state index in [9.17, 15) is 9.59 Å². The van der Waals surface area contributed by atoms with E-state index in [0.717, 1.165) is 10.8 Å². The molecule has 0 saturated carbocycles. The maximum Gasteiger partial charge on any atom is 0.342 e. The Hall–Kier alpha value is -3.20. The second-order valence-electron chi connectivity index (χ2n) is 5.19. The highest BCUT2D eigenvalue weighted by Crippen LogP contribution is 2.26. The Morgan fingerprint density at radius 2 is 1.88 bits per heavy atom. The number of ketones is 1. The number of rotatable bonds is 6. The van der Waals surface area contributed by atoms with Crippen molar-refractivity contribution in [3.8, 4) is 11.8 Å². The van der Waals surface area contributed by atoms with E-state index < -0.39 is 24.3 Å². The van der Waals surface area contributed by atoms with Crippen LogP contribution in [0.5, 0.6) is 5.75 Å². The van der Waals surface area contributed by atoms with Gasteiger partial charge in [-0.15, -0.1) is 0 Å². The summed E-state index contributed by atoms with van der Waals surface area (Å²) in [5, 5.41) is 18.0. The van der Waals surface area contributed by atoms with E-state index in [2.05, 4.69) is 0 Å². The summed E-state index contributed by atoms with van der Waals surface area (Å²) in [5.74, 6) is -2.20. The van der Waals surface area contributed by atoms with Crippen LogP contribution in [0.3, 0.4) is 0 Å². The van der Waals surface area contributed by atoms with E-state index in [1.54, 1.807) is 18.2 Å². The molecule has 0 bridgehead atoms. The first kappa shape index (κ1) is 17.2. The van der Waals surface area contributed by atoms with Crippen molar-refractivity contribution < 1.29 is 19.1 Å². The van der Waals surface area contributed by atoms with Gasteiger partial charge < -0.3 is 14.9 Å². The van der Waals surface area contributed by atoms with Crippen molar-refractivity contribution >= 4 is 28.2 Å². The lowest BCUT2D eigenvalue weighted by atomic mass is 10.0. The number of ether oxygens (including phenoxy) is 2. The van der Waals surface area contributed by atoms with Crippen LogP contribution in [-0.4, -0.2) is 31.2 Å². The van der Waals surface area contributed by atoms with E-state index >= 15 is 0 Å². The molecule has 0 aliphatic heterocycles. The smallest absolute Gasteiger partial charge is 0.342 e. The molecule has 2 aromatic rings. The Balaban J connectivity index is 2.21. The van der Waals surface area contributed by atoms with E-state index in [-0.39, 0.29) is 11.3 Å². The largest absolute Gasteiger partial charge is 0.496 e. The minimum atomic E-state index is -1.20. The summed E-state index contributed by atoms with van der Waals surface area (Å²) in [6, 6.07) is 12.5. The van der Waals surface area contributed by atoms with E-state index in [1.807, 2.05) is 24.3 Å². The van der Waals surface area contributed by atoms with Gasteiger partial charge in [-0.05, 0) is 29.8 Å². The molecule has 0 radical (unpaired) electrons. The lowest BCUT2D eigenvalue weighted by molar-refractivity contribution is -0.122. The Morgan fingerprint density at radius 3 is 2.42 bits per heavy atom. The molecule has 2 rings (SSSR count). The molecule has 0 spiro atoms. The molecule has 6 heteroatoms. The monoisotopic (exact) mass is 324 g/mol. The number of benzene rings is 2. The first-order valence-electron chi connectivity index (χ1n) is 7.19. The number of carbonyl (C=O) groups excluding carboxylic acids is 2. The number of nitriles is 1. The van der Waals surface area contributed by atoms with Crippen LogP contribution in [0.1, 0.15) is 17.3 Å². The van der Waals surface area contributed by atoms with Gasteiger partial charge in [0.1, 0.15) is 17.2 Å². The lowest BCUT2D eigenvalue weighted by Gasteiger charge is -2.11. The van der Waals surface area contributed by atoms with Gasteiger partial charge in [-0.25, -0.2) is 4.79 Å². The molecule has 0 aromatic heterocycles. The summed E-state index contributed by atoms with van der Waals surface area (Å²) in [5.41, 5.74) is 0.117. The third-order valence-corrected chi connectivity index (χ3v) is 3.52. The van der Waals surface area contributed by atoms with Crippen molar-refractivity contribution in [2.75, 3.05) is 13.7 Å². The van der Waals surface area contributed by atoms with Crippen molar-refractivity contribution in [3.63, 3.8) is 0 Å². The van der Waals surface area contributed by atoms with Gasteiger partial charge in [0.25, 0.3) is 0 Å². The topological polar surface area (TPSA) is 100 Å². The highest BCUT2D eigenvalue weighted by atomic mass is 16.5. The Kier molecular flexibility index (Phi) is 5.27. The van der Waals surface area contributed by atoms with Crippen LogP contribution in [0.15, 0.2) is 36.4 Å². The second-order valence-corrected chi connectivity index (χ2v) is 5.19. The molecular weight excluding hydrogens is 308 g/mol. The number of hydrogen-bond acceptors (Lipinski definition) is 6. The summed E-state index contributed by atoms with van der Waals surface area (Å²) >= 11 is 0. The third kappa shape index (κ3) is 3.58. The predicted molar refractivity (Wildman–Crippen MR) is 88.3 cm³/mol. The molecule has 0 aliphatic carbocycles. The van der Waals surface area contributed by atoms with Crippen molar-refractivity contribution in [3.05, 3.63) is 42.0 Å². The van der Waals surface area contributed by atoms with Gasteiger partial charge in [0, 0.05) is 5.71 Å². The summed E-state index contributed by atoms with van der Waals surface area (Å²) in [6.07, 6.45) is 0. The van der Waals surface area contributed by atoms with Gasteiger partial charge in [0.2, 0.25) is 0 Å². The standard InChI is InChI=1S/C18H16N2O4/c1-11(20)15(9-19)16(21)10-24-18(22)14-7-12-5-3-4-6-13(12)8-17(14)23-2/h3-8,15,20H,10H2,1-2H3. The van der Waals surface area contributed by atoms with Crippen LogP contribution < -0.4 is 4.74 Å². The van der Waals surface area contributed by atoms with Crippen LogP contribution in [0.4, 0.5) is 0 Å². The van der Waals surface area contributed by atoms with Crippen LogP contribution in [0.25, 0.3) is 10.8 Å². The zero-order valence-electron chi connectivity index (χ0n) is 13.3. The summed E-state index contributed by atoms with van der Waals surface area (Å²) in [4.78, 5) is 24.1. The summed E-state index contributed by atoms with van der Waals surface area (Å²) in [6.45, 7) is 0.795. The first-order valence-corrected chi connectivity index (χ1v) is 7.19. The number of fused-ring (bicyclic) bond motifs is 1. The fraction of sp³-hybridized carbons (Fsp3) is 0.222. The highest BCUT2D eigenvalue weighted by Gasteiger charge is 2.23. The quantitative estimate of drug-likeness (QED) is 0.650. The van der Waals surface area contributed by atoms with Crippen molar-refractivity contribution in [1.82, 2.24) is 0 Å². The number of esters is 1. The van der Waals surface area contributed by atoms with E-state index in [0.29, 0.717) is 5.75 Å². The zero-order chi connectivity index (χ0) is 17.7. The van der Waals surface area contributed by atoms with Gasteiger partial charge in [-0.1, -0.05) is 24.3 Å². The highest BCUT2D eigenvalue weighted by molar-refractivity contribution is 6.06. The Morgan fingerprint density at radius 1 is 1.25 bits per heavy atom. The minimum absolute atomic E-state index is 0.0816. The first-order chi connectivity index (χ1) is 11.5. The molecule has 2 aromatic carbocycles. The molecular formula is C18H16N2O4. The van der Waals surface area contributed by atoms with Crippen LogP contribution in [-0.2, 0) is 9.53 Å². The van der Waals surface area contributed by atoms with Crippen molar-refractivity contribution in [1.29, 1.82) is 10.7 Å². The predicted octanol–water partition coefficient (Wildman–Crippen LogP) is 2.75. The van der Waals surface area contributed by atoms with Gasteiger partial charge in [-0.3, -0.25) is 4.79 Å². The number of hydrogen-bond donors (Lipinski definition) is 1. The average Bonchev–Trinajstić information content (AvgIpc) is 2.58. The van der Waals surface area contributed by atoms with Gasteiger partial charge in [0.05, 0.1) is 13.2 Å². The van der Waals surface area contributed by atoms with Crippen molar-refractivity contribution in [2.24, 2.45) is 5.92 Å². The number of carbonyl (C=O) groups is 2. The number of nitrogens with one attached hydrogen (secondary N) is 1. The third-order valence-electron chi connectivity index (χ3n) is 3.52. The molecule has 0 saturated heterocycles. The molecule has 0 heterocycles. The minimum Gasteiger partial charge on any atom is -0.496 e. The molecule has 0 fully saturated rings. The van der Waals surface area contributed by atoms with Gasteiger partial charge >= 0.3 is 5.97 Å². The van der Waals surface area contributed by atoms with Gasteiger partial charge in [0.15, 0.2) is 12.4 Å². The molecule has 1 unspecified atom stereocenters. The van der Waals surface area contributed by atoms with E-state index in [4.69, 9.17) is 20.1 Å². The molecule has 1 N–H and O–H groups in total. The zero-order valence-corrected chi connectivity index (χ0v) is 13.3. The normalized spacial score (nSPS) is 11.4. The second kappa shape index (κ2) is 7.38. The molecule has 6 nitrogen and oxygen atoms in total. The number of nitrogens with zero attached hydrogens (tertiary/aromatic N) is 1. The summed E-state index contributed by atoms with van der Waals surface area (Å²) < 4.78 is 10.2. The maximum atomic E-state index is 12.3. The number of methoxy groups -OCH3 is 1. The van der Waals surface area contributed by atoms with E-state index in [1.165, 1.54) is 14.0 Å². The molecule has 1 atom stereocenters. The maximum absolute atomic E-state index is 12.3. The average molecular weight is 324 g/mol. The molecule has 122 valence electrons. The lowest BCUT2D eigenvalue weighted by Crippen LogP contribution is -2.25. The molecule has 24 heavy (non-hydrogen) atoms. The number of Topliss-reactive ketones (excluding diaryl/α,β-unsaturated/α-hetero) is 1. The molecule has 0 amide bonds.